The third-order valence-corrected chi connectivity index (χ3v) is 5.38. The maximum Gasteiger partial charge on any atom is 0.262 e. The van der Waals surface area contributed by atoms with Gasteiger partial charge in [-0.1, -0.05) is 41.4 Å². The molecule has 1 N–H and O–H groups in total. The van der Waals surface area contributed by atoms with Crippen molar-refractivity contribution in [1.29, 1.82) is 0 Å². The molecule has 4 rings (SSSR count). The molecule has 0 unspecified atom stereocenters. The molecule has 1 aromatic heterocycles. The highest BCUT2D eigenvalue weighted by Crippen LogP contribution is 2.33. The standard InChI is InChI=1S/C26H22ClNO4/c1-15-12-16(2)25(17(3)13-15)31-14-22(29)28-23-20-6-4-5-7-21(20)32-26(23)24(30)18-8-10-19(27)11-9-18/h4-13H,14H2,1-3H3,(H,28,29). The number of carbonyl (C=O) groups is 2. The Morgan fingerprint density at radius 2 is 1.62 bits per heavy atom. The number of furan rings is 1. The van der Waals surface area contributed by atoms with Gasteiger partial charge in [-0.05, 0) is 68.3 Å². The molecule has 32 heavy (non-hydrogen) atoms. The van der Waals surface area contributed by atoms with Crippen LogP contribution >= 0.6 is 11.6 Å². The minimum Gasteiger partial charge on any atom is -0.483 e. The summed E-state index contributed by atoms with van der Waals surface area (Å²) in [6, 6.07) is 17.7. The van der Waals surface area contributed by atoms with Gasteiger partial charge in [0.05, 0.1) is 5.69 Å². The van der Waals surface area contributed by atoms with Crippen molar-refractivity contribution in [2.75, 3.05) is 11.9 Å². The molecule has 0 bridgehead atoms. The summed E-state index contributed by atoms with van der Waals surface area (Å²) in [5.74, 6) is 0.00484. The second-order valence-corrected chi connectivity index (χ2v) is 8.14. The fourth-order valence-electron chi connectivity index (χ4n) is 3.77. The van der Waals surface area contributed by atoms with Gasteiger partial charge in [0.15, 0.2) is 12.4 Å². The summed E-state index contributed by atoms with van der Waals surface area (Å²) in [5.41, 5.74) is 4.29. The second kappa shape index (κ2) is 8.89. The van der Waals surface area contributed by atoms with Crippen LogP contribution in [0.15, 0.2) is 65.1 Å². The van der Waals surface area contributed by atoms with Gasteiger partial charge in [0.25, 0.3) is 5.91 Å². The van der Waals surface area contributed by atoms with Gasteiger partial charge in [0.1, 0.15) is 11.3 Å². The Morgan fingerprint density at radius 1 is 0.969 bits per heavy atom. The highest BCUT2D eigenvalue weighted by molar-refractivity contribution is 6.30. The number of para-hydroxylation sites is 1. The minimum atomic E-state index is -0.388. The van der Waals surface area contributed by atoms with E-state index in [0.29, 0.717) is 33.0 Å². The molecule has 1 heterocycles. The van der Waals surface area contributed by atoms with Gasteiger partial charge < -0.3 is 14.5 Å². The van der Waals surface area contributed by atoms with Crippen LogP contribution in [0.25, 0.3) is 11.0 Å². The van der Waals surface area contributed by atoms with Crippen molar-refractivity contribution >= 4 is 39.9 Å². The number of hydrogen-bond donors (Lipinski definition) is 1. The monoisotopic (exact) mass is 447 g/mol. The second-order valence-electron chi connectivity index (χ2n) is 7.70. The number of anilines is 1. The number of ether oxygens (including phenoxy) is 1. The molecule has 0 spiro atoms. The summed E-state index contributed by atoms with van der Waals surface area (Å²) in [7, 11) is 0. The fourth-order valence-corrected chi connectivity index (χ4v) is 3.90. The molecule has 1 amide bonds. The van der Waals surface area contributed by atoms with E-state index in [-0.39, 0.29) is 24.1 Å². The lowest BCUT2D eigenvalue weighted by molar-refractivity contribution is -0.118. The first-order valence-electron chi connectivity index (χ1n) is 10.2. The van der Waals surface area contributed by atoms with Crippen molar-refractivity contribution in [3.8, 4) is 5.75 Å². The van der Waals surface area contributed by atoms with Crippen LogP contribution in [-0.4, -0.2) is 18.3 Å². The van der Waals surface area contributed by atoms with Crippen molar-refractivity contribution in [1.82, 2.24) is 0 Å². The molecule has 3 aromatic carbocycles. The zero-order valence-electron chi connectivity index (χ0n) is 18.0. The fraction of sp³-hybridized carbons (Fsp3) is 0.154. The van der Waals surface area contributed by atoms with Crippen molar-refractivity contribution in [2.45, 2.75) is 20.8 Å². The molecule has 0 aliphatic carbocycles. The number of amides is 1. The van der Waals surface area contributed by atoms with Gasteiger partial charge in [-0.25, -0.2) is 0 Å². The number of rotatable bonds is 6. The Balaban J connectivity index is 1.61. The van der Waals surface area contributed by atoms with Crippen LogP contribution < -0.4 is 10.1 Å². The van der Waals surface area contributed by atoms with Crippen LogP contribution in [0.5, 0.6) is 5.75 Å². The molecule has 4 aromatic rings. The topological polar surface area (TPSA) is 68.5 Å². The Labute approximate surface area is 191 Å². The Hall–Kier alpha value is -3.57. The summed E-state index contributed by atoms with van der Waals surface area (Å²) in [5, 5.41) is 3.98. The molecular weight excluding hydrogens is 426 g/mol. The predicted molar refractivity (Wildman–Crippen MR) is 126 cm³/mol. The summed E-state index contributed by atoms with van der Waals surface area (Å²) in [4.78, 5) is 25.9. The number of aryl methyl sites for hydroxylation is 3. The van der Waals surface area contributed by atoms with Crippen molar-refractivity contribution in [3.63, 3.8) is 0 Å². The third kappa shape index (κ3) is 4.39. The van der Waals surface area contributed by atoms with Crippen molar-refractivity contribution in [3.05, 3.63) is 93.7 Å². The number of hydrogen-bond acceptors (Lipinski definition) is 4. The molecule has 162 valence electrons. The number of ketones is 1. The number of halogens is 1. The molecule has 0 atom stereocenters. The van der Waals surface area contributed by atoms with E-state index in [1.54, 1.807) is 42.5 Å². The average molecular weight is 448 g/mol. The number of benzene rings is 3. The Morgan fingerprint density at radius 3 is 2.31 bits per heavy atom. The number of fused-ring (bicyclic) bond motifs is 1. The SMILES string of the molecule is Cc1cc(C)c(OCC(=O)Nc2c(C(=O)c3ccc(Cl)cc3)oc3ccccc23)c(C)c1. The van der Waals surface area contributed by atoms with Gasteiger partial charge in [-0.15, -0.1) is 0 Å². The summed E-state index contributed by atoms with van der Waals surface area (Å²) in [6.07, 6.45) is 0. The summed E-state index contributed by atoms with van der Waals surface area (Å²) >= 11 is 5.94. The highest BCUT2D eigenvalue weighted by Gasteiger charge is 2.23. The molecule has 6 heteroatoms. The Kier molecular flexibility index (Phi) is 6.01. The smallest absolute Gasteiger partial charge is 0.262 e. The van der Waals surface area contributed by atoms with E-state index < -0.39 is 0 Å². The van der Waals surface area contributed by atoms with E-state index >= 15 is 0 Å². The van der Waals surface area contributed by atoms with Gasteiger partial charge in [-0.2, -0.15) is 0 Å². The molecule has 0 saturated heterocycles. The van der Waals surface area contributed by atoms with E-state index in [1.165, 1.54) is 0 Å². The maximum absolute atomic E-state index is 13.1. The van der Waals surface area contributed by atoms with Gasteiger partial charge >= 0.3 is 0 Å². The van der Waals surface area contributed by atoms with E-state index in [2.05, 4.69) is 5.32 Å². The quantitative estimate of drug-likeness (QED) is 0.354. The van der Waals surface area contributed by atoms with Crippen LogP contribution in [0.3, 0.4) is 0 Å². The largest absolute Gasteiger partial charge is 0.483 e. The highest BCUT2D eigenvalue weighted by atomic mass is 35.5. The summed E-state index contributed by atoms with van der Waals surface area (Å²) in [6.45, 7) is 5.71. The average Bonchev–Trinajstić information content (AvgIpc) is 3.11. The Bertz CT molecular complexity index is 1300. The third-order valence-electron chi connectivity index (χ3n) is 5.12. The molecule has 0 radical (unpaired) electrons. The lowest BCUT2D eigenvalue weighted by Gasteiger charge is -2.13. The zero-order valence-corrected chi connectivity index (χ0v) is 18.7. The minimum absolute atomic E-state index is 0.0598. The van der Waals surface area contributed by atoms with Crippen LogP contribution in [0.1, 0.15) is 32.8 Å². The van der Waals surface area contributed by atoms with Crippen LogP contribution in [0.2, 0.25) is 5.02 Å². The van der Waals surface area contributed by atoms with Crippen molar-refractivity contribution in [2.24, 2.45) is 0 Å². The molecule has 0 fully saturated rings. The van der Waals surface area contributed by atoms with Gasteiger partial charge in [0, 0.05) is 16.0 Å². The molecular formula is C26H22ClNO4. The van der Waals surface area contributed by atoms with Crippen LogP contribution in [0, 0.1) is 20.8 Å². The lowest BCUT2D eigenvalue weighted by atomic mass is 10.1. The van der Waals surface area contributed by atoms with Gasteiger partial charge in [-0.3, -0.25) is 9.59 Å². The maximum atomic E-state index is 13.1. The first-order valence-corrected chi connectivity index (χ1v) is 10.5. The number of nitrogens with one attached hydrogen (secondary N) is 1. The van der Waals surface area contributed by atoms with Crippen molar-refractivity contribution < 1.29 is 18.7 Å². The van der Waals surface area contributed by atoms with E-state index in [9.17, 15) is 9.59 Å². The predicted octanol–water partition coefficient (Wildman–Crippen LogP) is 6.26. The van der Waals surface area contributed by atoms with E-state index in [0.717, 1.165) is 16.7 Å². The molecule has 0 aliphatic rings. The lowest BCUT2D eigenvalue weighted by Crippen LogP contribution is -2.21. The van der Waals surface area contributed by atoms with Gasteiger partial charge in [0.2, 0.25) is 5.78 Å². The van der Waals surface area contributed by atoms with Crippen LogP contribution in [-0.2, 0) is 4.79 Å². The normalized spacial score (nSPS) is 10.9. The first kappa shape index (κ1) is 21.7. The number of carbonyl (C=O) groups excluding carboxylic acids is 2. The zero-order chi connectivity index (χ0) is 22.8. The summed E-state index contributed by atoms with van der Waals surface area (Å²) < 4.78 is 11.6. The molecule has 5 nitrogen and oxygen atoms in total. The van der Waals surface area contributed by atoms with E-state index in [4.69, 9.17) is 20.8 Å². The molecule has 0 saturated carbocycles. The first-order chi connectivity index (χ1) is 15.3. The van der Waals surface area contributed by atoms with Crippen LogP contribution in [0.4, 0.5) is 5.69 Å². The molecule has 0 aliphatic heterocycles. The van der Waals surface area contributed by atoms with E-state index in [1.807, 2.05) is 39.0 Å².